The predicted octanol–water partition coefficient (Wildman–Crippen LogP) is 1.78. The lowest BCUT2D eigenvalue weighted by molar-refractivity contribution is 0.451. The number of aromatic nitrogens is 3. The molecule has 0 amide bonds. The van der Waals surface area contributed by atoms with E-state index in [0.717, 1.165) is 16.5 Å². The molecule has 2 N–H and O–H groups in total. The number of rotatable bonds is 2. The van der Waals surface area contributed by atoms with Crippen molar-refractivity contribution in [2.75, 3.05) is 0 Å². The van der Waals surface area contributed by atoms with Gasteiger partial charge in [0.2, 0.25) is 5.88 Å². The van der Waals surface area contributed by atoms with E-state index in [9.17, 15) is 5.11 Å². The summed E-state index contributed by atoms with van der Waals surface area (Å²) >= 11 is 1.61. The summed E-state index contributed by atoms with van der Waals surface area (Å²) in [5, 5.41) is 12.3. The Morgan fingerprint density at radius 1 is 1.43 bits per heavy atom. The third-order valence-corrected chi connectivity index (χ3v) is 2.86. The molecule has 0 aliphatic heterocycles. The van der Waals surface area contributed by atoms with Gasteiger partial charge in [-0.05, 0) is 13.8 Å². The minimum Gasteiger partial charge on any atom is -0.492 e. The van der Waals surface area contributed by atoms with Gasteiger partial charge in [0.25, 0.3) is 0 Å². The molecule has 2 aromatic rings. The van der Waals surface area contributed by atoms with E-state index in [1.807, 2.05) is 12.3 Å². The van der Waals surface area contributed by atoms with Crippen LogP contribution in [0.2, 0.25) is 0 Å². The van der Waals surface area contributed by atoms with E-state index < -0.39 is 0 Å². The first-order chi connectivity index (χ1) is 6.65. The topological polar surface area (TPSA) is 61.8 Å². The number of aromatic amines is 1. The maximum absolute atomic E-state index is 9.26. The van der Waals surface area contributed by atoms with Crippen LogP contribution >= 0.6 is 11.3 Å². The number of aromatic hydroxyl groups is 1. The van der Waals surface area contributed by atoms with Crippen molar-refractivity contribution < 1.29 is 5.11 Å². The molecule has 4 nitrogen and oxygen atoms in total. The lowest BCUT2D eigenvalue weighted by Gasteiger charge is -1.89. The van der Waals surface area contributed by atoms with E-state index in [1.165, 1.54) is 0 Å². The van der Waals surface area contributed by atoms with Crippen LogP contribution in [0.5, 0.6) is 5.88 Å². The van der Waals surface area contributed by atoms with Gasteiger partial charge in [0.05, 0.1) is 12.1 Å². The van der Waals surface area contributed by atoms with E-state index in [1.54, 1.807) is 18.3 Å². The molecule has 0 bridgehead atoms. The summed E-state index contributed by atoms with van der Waals surface area (Å²) in [7, 11) is 0. The zero-order valence-electron chi connectivity index (χ0n) is 8.03. The molecule has 2 heterocycles. The summed E-state index contributed by atoms with van der Waals surface area (Å²) < 4.78 is 0. The molecule has 0 spiro atoms. The minimum absolute atomic E-state index is 0.0771. The molecule has 2 rings (SSSR count). The van der Waals surface area contributed by atoms with E-state index in [2.05, 4.69) is 15.0 Å². The lowest BCUT2D eigenvalue weighted by atomic mass is 10.4. The average molecular weight is 209 g/mol. The van der Waals surface area contributed by atoms with E-state index >= 15 is 0 Å². The monoisotopic (exact) mass is 209 g/mol. The highest BCUT2D eigenvalue weighted by Gasteiger charge is 2.07. The van der Waals surface area contributed by atoms with E-state index in [4.69, 9.17) is 0 Å². The van der Waals surface area contributed by atoms with Crippen molar-refractivity contribution in [3.63, 3.8) is 0 Å². The van der Waals surface area contributed by atoms with Crippen molar-refractivity contribution in [3.05, 3.63) is 27.6 Å². The lowest BCUT2D eigenvalue weighted by Crippen LogP contribution is -1.89. The Bertz CT molecular complexity index is 427. The Labute approximate surface area is 85.7 Å². The van der Waals surface area contributed by atoms with Crippen LogP contribution in [0, 0.1) is 13.8 Å². The van der Waals surface area contributed by atoms with Crippen molar-refractivity contribution >= 4 is 11.3 Å². The quantitative estimate of drug-likeness (QED) is 0.792. The van der Waals surface area contributed by atoms with Crippen molar-refractivity contribution in [3.8, 4) is 5.88 Å². The summed E-state index contributed by atoms with van der Waals surface area (Å²) in [5.41, 5.74) is 1.73. The summed E-state index contributed by atoms with van der Waals surface area (Å²) in [6, 6.07) is 0. The highest BCUT2D eigenvalue weighted by molar-refractivity contribution is 7.09. The Hall–Kier alpha value is -1.36. The van der Waals surface area contributed by atoms with Gasteiger partial charge in [0, 0.05) is 11.1 Å². The van der Waals surface area contributed by atoms with Gasteiger partial charge in [-0.2, -0.15) is 4.98 Å². The number of imidazole rings is 1. The minimum atomic E-state index is 0.0771. The highest BCUT2D eigenvalue weighted by Crippen LogP contribution is 2.16. The first-order valence-corrected chi connectivity index (χ1v) is 5.18. The van der Waals surface area contributed by atoms with Gasteiger partial charge in [0.15, 0.2) is 0 Å². The highest BCUT2D eigenvalue weighted by atomic mass is 32.1. The summed E-state index contributed by atoms with van der Waals surface area (Å²) in [4.78, 5) is 11.3. The Morgan fingerprint density at radius 2 is 2.21 bits per heavy atom. The second-order valence-corrected chi connectivity index (χ2v) is 4.13. The number of nitrogens with one attached hydrogen (secondary N) is 1. The molecule has 0 saturated heterocycles. The van der Waals surface area contributed by atoms with E-state index in [-0.39, 0.29) is 5.88 Å². The van der Waals surface area contributed by atoms with Crippen LogP contribution < -0.4 is 0 Å². The molecule has 0 radical (unpaired) electrons. The molecule has 0 unspecified atom stereocenters. The zero-order chi connectivity index (χ0) is 10.1. The largest absolute Gasteiger partial charge is 0.492 e. The Balaban J connectivity index is 2.18. The summed E-state index contributed by atoms with van der Waals surface area (Å²) in [6.45, 7) is 3.75. The molecule has 2 aromatic heterocycles. The van der Waals surface area contributed by atoms with Crippen molar-refractivity contribution in [1.29, 1.82) is 0 Å². The molecule has 14 heavy (non-hydrogen) atoms. The molecule has 74 valence electrons. The number of thiazole rings is 1. The van der Waals surface area contributed by atoms with Crippen LogP contribution in [0.3, 0.4) is 0 Å². The maximum Gasteiger partial charge on any atom is 0.232 e. The second-order valence-electron chi connectivity index (χ2n) is 3.19. The maximum atomic E-state index is 9.26. The molecular weight excluding hydrogens is 198 g/mol. The number of hydrogen-bond donors (Lipinski definition) is 2. The molecule has 0 fully saturated rings. The number of H-pyrrole nitrogens is 1. The standard InChI is InChI=1S/C9H11N3OS/c1-5-4-14-8(10-5)3-7-11-6(2)9(13)12-7/h4,13H,3H2,1-2H3,(H,11,12). The Morgan fingerprint density at radius 3 is 2.71 bits per heavy atom. The van der Waals surface area contributed by atoms with Gasteiger partial charge in [-0.1, -0.05) is 0 Å². The van der Waals surface area contributed by atoms with Gasteiger partial charge >= 0.3 is 0 Å². The van der Waals surface area contributed by atoms with Crippen molar-refractivity contribution in [2.45, 2.75) is 20.3 Å². The molecule has 0 aromatic carbocycles. The molecule has 5 heteroatoms. The molecule has 0 atom stereocenters. The van der Waals surface area contributed by atoms with Crippen LogP contribution in [0.25, 0.3) is 0 Å². The van der Waals surface area contributed by atoms with Gasteiger partial charge in [-0.3, -0.25) is 0 Å². The van der Waals surface area contributed by atoms with Crippen molar-refractivity contribution in [2.24, 2.45) is 0 Å². The molecule has 0 aliphatic carbocycles. The molecular formula is C9H11N3OS. The third-order valence-electron chi connectivity index (χ3n) is 1.89. The SMILES string of the molecule is Cc1csc(Cc2nc(O)c(C)[nH]2)n1. The van der Waals surface area contributed by atoms with Crippen LogP contribution in [0.1, 0.15) is 22.2 Å². The van der Waals surface area contributed by atoms with Gasteiger partial charge in [0.1, 0.15) is 10.8 Å². The zero-order valence-corrected chi connectivity index (χ0v) is 8.85. The second kappa shape index (κ2) is 3.42. The molecule has 0 saturated carbocycles. The van der Waals surface area contributed by atoms with Gasteiger partial charge < -0.3 is 10.1 Å². The van der Waals surface area contributed by atoms with Crippen LogP contribution in [-0.4, -0.2) is 20.1 Å². The fraction of sp³-hybridized carbons (Fsp3) is 0.333. The fourth-order valence-corrected chi connectivity index (χ4v) is 2.00. The number of hydrogen-bond acceptors (Lipinski definition) is 4. The van der Waals surface area contributed by atoms with Crippen LogP contribution in [0.4, 0.5) is 0 Å². The summed E-state index contributed by atoms with van der Waals surface area (Å²) in [6.07, 6.45) is 0.653. The first-order valence-electron chi connectivity index (χ1n) is 4.30. The average Bonchev–Trinajstić information content (AvgIpc) is 2.62. The van der Waals surface area contributed by atoms with Crippen LogP contribution in [0.15, 0.2) is 5.38 Å². The van der Waals surface area contributed by atoms with Gasteiger partial charge in [-0.25, -0.2) is 4.98 Å². The smallest absolute Gasteiger partial charge is 0.232 e. The van der Waals surface area contributed by atoms with Crippen molar-refractivity contribution in [1.82, 2.24) is 15.0 Å². The van der Waals surface area contributed by atoms with E-state index in [0.29, 0.717) is 12.1 Å². The number of aryl methyl sites for hydroxylation is 2. The molecule has 0 aliphatic rings. The Kier molecular flexibility index (Phi) is 2.25. The normalized spacial score (nSPS) is 10.7. The summed E-state index contributed by atoms with van der Waals surface area (Å²) in [5.74, 6) is 0.836. The third kappa shape index (κ3) is 1.77. The number of nitrogens with zero attached hydrogens (tertiary/aromatic N) is 2. The fourth-order valence-electron chi connectivity index (χ4n) is 1.22. The predicted molar refractivity (Wildman–Crippen MR) is 54.6 cm³/mol. The first kappa shape index (κ1) is 9.21. The van der Waals surface area contributed by atoms with Crippen LogP contribution in [-0.2, 0) is 6.42 Å². The van der Waals surface area contributed by atoms with Gasteiger partial charge in [-0.15, -0.1) is 11.3 Å².